The molecule has 0 radical (unpaired) electrons. The number of anilines is 1. The summed E-state index contributed by atoms with van der Waals surface area (Å²) >= 11 is 0. The highest BCUT2D eigenvalue weighted by Gasteiger charge is 2.80. The van der Waals surface area contributed by atoms with Gasteiger partial charge in [-0.15, -0.1) is 0 Å². The van der Waals surface area contributed by atoms with Gasteiger partial charge in [-0.05, 0) is 36.4 Å². The van der Waals surface area contributed by atoms with Gasteiger partial charge < -0.3 is 47.2 Å². The number of phenolic OH excluding ortho intramolecular Hbond substituents is 1. The van der Waals surface area contributed by atoms with Gasteiger partial charge in [-0.2, -0.15) is 0 Å². The first-order chi connectivity index (χ1) is 19.6. The van der Waals surface area contributed by atoms with Crippen molar-refractivity contribution in [3.8, 4) is 5.75 Å². The van der Waals surface area contributed by atoms with Crippen molar-refractivity contribution >= 4 is 23.2 Å². The van der Waals surface area contributed by atoms with Crippen molar-refractivity contribution in [2.75, 3.05) is 38.5 Å². The van der Waals surface area contributed by atoms with E-state index in [1.54, 1.807) is 39.8 Å². The maximum absolute atomic E-state index is 14.3. The second-order valence-electron chi connectivity index (χ2n) is 13.0. The molecule has 1 aromatic carbocycles. The van der Waals surface area contributed by atoms with Crippen molar-refractivity contribution in [1.82, 2.24) is 10.6 Å². The summed E-state index contributed by atoms with van der Waals surface area (Å²) < 4.78 is 0. The van der Waals surface area contributed by atoms with Crippen molar-refractivity contribution in [3.05, 3.63) is 23.3 Å². The van der Waals surface area contributed by atoms with E-state index < -0.39 is 81.8 Å². The third-order valence-electron chi connectivity index (χ3n) is 10.8. The third kappa shape index (κ3) is 4.14. The molecule has 2 saturated carbocycles. The second kappa shape index (κ2) is 11.1. The largest absolute Gasteiger partial charge is 0.505 e. The van der Waals surface area contributed by atoms with Crippen molar-refractivity contribution in [2.45, 2.75) is 64.4 Å². The number of primary amides is 1. The van der Waals surface area contributed by atoms with Crippen molar-refractivity contribution in [3.63, 3.8) is 0 Å². The van der Waals surface area contributed by atoms with E-state index in [0.717, 1.165) is 13.1 Å². The molecule has 0 saturated heterocycles. The Morgan fingerprint density at radius 1 is 1.07 bits per heavy atom. The first kappa shape index (κ1) is 32.3. The number of nitrogens with one attached hydrogen (secondary N) is 3. The third-order valence-corrected chi connectivity index (χ3v) is 10.8. The zero-order valence-electron chi connectivity index (χ0n) is 25.1. The summed E-state index contributed by atoms with van der Waals surface area (Å²) in [4.78, 5) is 40.5. The molecule has 10 N–H and O–H groups in total. The lowest BCUT2D eigenvalue weighted by Gasteiger charge is -2.69. The number of nitrogens with two attached hydrogens (primary N) is 1. The highest BCUT2D eigenvalue weighted by atomic mass is 16.4. The fraction of sp³-hybridized carbons (Fsp3) is 0.700. The van der Waals surface area contributed by atoms with Crippen LogP contribution < -0.4 is 21.7 Å². The van der Waals surface area contributed by atoms with Gasteiger partial charge >= 0.3 is 0 Å². The number of phenols is 1. The number of likely N-dealkylation sites (N-methyl/N-ethyl adjacent to an activating group) is 1. The topological polar surface area (TPSA) is 214 Å². The molecular formula is C30H46N4O8. The number of aliphatic hydroxyl groups excluding tert-OH is 3. The van der Waals surface area contributed by atoms with Gasteiger partial charge in [-0.25, -0.2) is 0 Å². The number of ketones is 2. The standard InChI is InChI=1S/C30H46N4O8/c1-13(2)19-23(37)18(26(31)40)24(38)30(42)25(39)20-22(36)17-15(14(3)28(20,4)27(41)29(19,30)5)7-8-16(21(17)35)34-12-11-33-10-9-32-6/h7-8,13-14,18-20,23,25,27,32-35,37,39,41-42H,9-12H2,1-6H3,(H2,31,40)/t14-,18-,19+,20-,23?,25?,27-,28+,29+,30+/m1/s1. The van der Waals surface area contributed by atoms with Crippen LogP contribution >= 0.6 is 0 Å². The number of aromatic hydroxyl groups is 1. The Morgan fingerprint density at radius 3 is 2.26 bits per heavy atom. The van der Waals surface area contributed by atoms with Crippen molar-refractivity contribution in [2.24, 2.45) is 40.2 Å². The second-order valence-corrected chi connectivity index (χ2v) is 13.0. The molecule has 42 heavy (non-hydrogen) atoms. The summed E-state index contributed by atoms with van der Waals surface area (Å²) in [6.45, 7) is 10.8. The molecule has 0 spiro atoms. The molecule has 3 aliphatic carbocycles. The number of hydrogen-bond acceptors (Lipinski definition) is 11. The Hall–Kier alpha value is -2.61. The minimum atomic E-state index is -2.80. The fourth-order valence-electron chi connectivity index (χ4n) is 8.53. The Morgan fingerprint density at radius 2 is 1.69 bits per heavy atom. The molecule has 4 rings (SSSR count). The number of carbonyl (C=O) groups excluding carboxylic acids is 3. The lowest BCUT2D eigenvalue weighted by molar-refractivity contribution is -0.306. The van der Waals surface area contributed by atoms with Gasteiger partial charge in [0.1, 0.15) is 17.8 Å². The number of fused-ring (bicyclic) bond motifs is 3. The highest BCUT2D eigenvalue weighted by Crippen LogP contribution is 2.68. The van der Waals surface area contributed by atoms with Gasteiger partial charge in [0.05, 0.1) is 29.4 Å². The number of carbonyl (C=O) groups is 3. The van der Waals surface area contributed by atoms with Crippen LogP contribution in [0.25, 0.3) is 0 Å². The van der Waals surface area contributed by atoms with E-state index in [1.165, 1.54) is 6.92 Å². The minimum absolute atomic E-state index is 0.0632. The SMILES string of the molecule is CNCCNCCNc1ccc2c(c1O)C(=O)[C@@H]1C(O)[C@@]3(O)C(=O)[C@H](C(N)=O)C(O)[C@H](C(C)C)[C@@]3(C)[C@H](O)[C@@]1(C)[C@@H]2C. The average molecular weight is 591 g/mol. The summed E-state index contributed by atoms with van der Waals surface area (Å²) in [6.07, 6.45) is -5.30. The van der Waals surface area contributed by atoms with Crippen molar-refractivity contribution < 1.29 is 39.9 Å². The average Bonchev–Trinajstić information content (AvgIpc) is 2.91. The Labute approximate surface area is 246 Å². The molecule has 10 atom stereocenters. The smallest absolute Gasteiger partial charge is 0.230 e. The van der Waals surface area contributed by atoms with E-state index >= 15 is 0 Å². The summed E-state index contributed by atoms with van der Waals surface area (Å²) in [5.41, 5.74) is 0.0842. The van der Waals surface area contributed by atoms with Gasteiger partial charge in [-0.3, -0.25) is 14.4 Å². The van der Waals surface area contributed by atoms with E-state index in [9.17, 15) is 39.9 Å². The highest BCUT2D eigenvalue weighted by molar-refractivity contribution is 6.10. The van der Waals surface area contributed by atoms with Crippen LogP contribution in [0.1, 0.15) is 56.5 Å². The van der Waals surface area contributed by atoms with Crippen LogP contribution in [-0.4, -0.2) is 100 Å². The molecule has 2 unspecified atom stereocenters. The fourth-order valence-corrected chi connectivity index (χ4v) is 8.53. The van der Waals surface area contributed by atoms with Crippen molar-refractivity contribution in [1.29, 1.82) is 0 Å². The van der Waals surface area contributed by atoms with E-state index in [0.29, 0.717) is 24.3 Å². The molecule has 2 fully saturated rings. The predicted octanol–water partition coefficient (Wildman–Crippen LogP) is -0.674. The zero-order valence-corrected chi connectivity index (χ0v) is 25.1. The van der Waals surface area contributed by atoms with Crippen LogP contribution in [0.2, 0.25) is 0 Å². The molecule has 0 bridgehead atoms. The number of Topliss-reactive ketones (excluding diaryl/α,β-unsaturated/α-hetero) is 2. The van der Waals surface area contributed by atoms with Gasteiger partial charge in [-0.1, -0.05) is 40.7 Å². The monoisotopic (exact) mass is 590 g/mol. The molecule has 234 valence electrons. The molecular weight excluding hydrogens is 544 g/mol. The molecule has 1 aromatic rings. The van der Waals surface area contributed by atoms with Crippen LogP contribution in [0.5, 0.6) is 5.75 Å². The van der Waals surface area contributed by atoms with E-state index in [4.69, 9.17) is 5.73 Å². The lowest BCUT2D eigenvalue weighted by Crippen LogP contribution is -2.83. The van der Waals surface area contributed by atoms with Crippen LogP contribution in [0.3, 0.4) is 0 Å². The molecule has 1 amide bonds. The Balaban J connectivity index is 1.84. The molecule has 0 heterocycles. The normalized spacial score (nSPS) is 39.5. The van der Waals surface area contributed by atoms with Gasteiger partial charge in [0, 0.05) is 37.0 Å². The first-order valence-corrected chi connectivity index (χ1v) is 14.6. The summed E-state index contributed by atoms with van der Waals surface area (Å²) in [6, 6.07) is 3.35. The summed E-state index contributed by atoms with van der Waals surface area (Å²) in [7, 11) is 1.85. The van der Waals surface area contributed by atoms with Gasteiger partial charge in [0.15, 0.2) is 17.2 Å². The zero-order chi connectivity index (χ0) is 31.5. The maximum atomic E-state index is 14.3. The molecule has 12 nitrogen and oxygen atoms in total. The number of amides is 1. The quantitative estimate of drug-likeness (QED) is 0.0998. The number of rotatable bonds is 9. The summed E-state index contributed by atoms with van der Waals surface area (Å²) in [5, 5.41) is 68.3. The number of benzene rings is 1. The van der Waals surface area contributed by atoms with Crippen LogP contribution in [0, 0.1) is 34.5 Å². The number of aliphatic hydroxyl groups is 4. The molecule has 12 heteroatoms. The molecule has 3 aliphatic rings. The summed E-state index contributed by atoms with van der Waals surface area (Å²) in [5.74, 6) is -9.02. The van der Waals surface area contributed by atoms with Crippen LogP contribution in [-0.2, 0) is 9.59 Å². The first-order valence-electron chi connectivity index (χ1n) is 14.6. The van der Waals surface area contributed by atoms with Gasteiger partial charge in [0.25, 0.3) is 0 Å². The molecule has 0 aliphatic heterocycles. The van der Waals surface area contributed by atoms with Gasteiger partial charge in [0.2, 0.25) is 5.91 Å². The van der Waals surface area contributed by atoms with E-state index in [-0.39, 0.29) is 11.3 Å². The van der Waals surface area contributed by atoms with E-state index in [1.807, 2.05) is 7.05 Å². The van der Waals surface area contributed by atoms with Crippen LogP contribution in [0.4, 0.5) is 5.69 Å². The van der Waals surface area contributed by atoms with E-state index in [2.05, 4.69) is 16.0 Å². The predicted molar refractivity (Wildman–Crippen MR) is 155 cm³/mol. The lowest BCUT2D eigenvalue weighted by atomic mass is 9.36. The molecule has 0 aromatic heterocycles. The Kier molecular flexibility index (Phi) is 8.57. The number of hydrogen-bond donors (Lipinski definition) is 9. The maximum Gasteiger partial charge on any atom is 0.230 e. The van der Waals surface area contributed by atoms with Crippen LogP contribution in [0.15, 0.2) is 12.1 Å². The Bertz CT molecular complexity index is 1260. The minimum Gasteiger partial charge on any atom is -0.505 e.